The molecule has 196 valence electrons. The number of ketones is 1. The summed E-state index contributed by atoms with van der Waals surface area (Å²) in [6.45, 7) is 12.8. The van der Waals surface area contributed by atoms with Gasteiger partial charge in [0.25, 0.3) is 0 Å². The second-order valence-corrected chi connectivity index (χ2v) is 12.3. The molecular formula is C27H41NO6S. The minimum absolute atomic E-state index is 0.0455. The molecule has 35 heavy (non-hydrogen) atoms. The fourth-order valence-corrected chi connectivity index (χ4v) is 5.64. The number of aryl methyl sites for hydroxylation is 1. The van der Waals surface area contributed by atoms with Crippen molar-refractivity contribution in [1.82, 2.24) is 4.98 Å². The first-order valence-electron chi connectivity index (χ1n) is 12.6. The van der Waals surface area contributed by atoms with Crippen LogP contribution < -0.4 is 0 Å². The Morgan fingerprint density at radius 1 is 1.23 bits per heavy atom. The van der Waals surface area contributed by atoms with Crippen molar-refractivity contribution >= 4 is 29.2 Å². The number of thiazole rings is 1. The van der Waals surface area contributed by atoms with Gasteiger partial charge in [-0.15, -0.1) is 11.3 Å². The molecule has 7 nitrogen and oxygen atoms in total. The summed E-state index contributed by atoms with van der Waals surface area (Å²) in [6.07, 6.45) is 1.98. The van der Waals surface area contributed by atoms with Crippen molar-refractivity contribution in [3.8, 4) is 0 Å². The minimum Gasteiger partial charge on any atom is -0.458 e. The first kappa shape index (κ1) is 28.0. The third kappa shape index (κ3) is 6.59. The highest BCUT2D eigenvalue weighted by molar-refractivity contribution is 7.09. The Bertz CT molecular complexity index is 955. The smallest absolute Gasteiger partial charge is 0.309 e. The van der Waals surface area contributed by atoms with Gasteiger partial charge < -0.3 is 19.7 Å². The fourth-order valence-electron chi connectivity index (χ4n) is 5.07. The van der Waals surface area contributed by atoms with E-state index in [1.54, 1.807) is 32.1 Å². The van der Waals surface area contributed by atoms with Crippen LogP contribution in [0.5, 0.6) is 0 Å². The van der Waals surface area contributed by atoms with E-state index in [0.717, 1.165) is 35.5 Å². The number of fused-ring (bicyclic) bond motifs is 1. The summed E-state index contributed by atoms with van der Waals surface area (Å²) in [6, 6.07) is 0. The largest absolute Gasteiger partial charge is 0.458 e. The van der Waals surface area contributed by atoms with E-state index in [2.05, 4.69) is 11.9 Å². The van der Waals surface area contributed by atoms with E-state index in [0.29, 0.717) is 6.42 Å². The molecule has 7 atom stereocenters. The number of ether oxygens (including phenoxy) is 2. The number of carbonyl (C=O) groups excluding carboxylic acids is 2. The number of cyclic esters (lactones) is 1. The molecule has 3 rings (SSSR count). The summed E-state index contributed by atoms with van der Waals surface area (Å²) in [5.74, 6) is -1.55. The zero-order valence-electron chi connectivity index (χ0n) is 22.0. The topological polar surface area (TPSA) is 109 Å². The van der Waals surface area contributed by atoms with Crippen molar-refractivity contribution in [3.05, 3.63) is 21.7 Å². The number of hydrogen-bond donors (Lipinski definition) is 2. The zero-order valence-corrected chi connectivity index (χ0v) is 22.9. The van der Waals surface area contributed by atoms with Gasteiger partial charge in [0.2, 0.25) is 0 Å². The number of hydrogen-bond acceptors (Lipinski definition) is 8. The van der Waals surface area contributed by atoms with Crippen LogP contribution in [0.1, 0.15) is 84.3 Å². The molecule has 2 unspecified atom stereocenters. The molecule has 2 aliphatic rings. The fraction of sp³-hybridized carbons (Fsp3) is 0.741. The SMILES string of the molecule is C/C(=C\c1csc(C)n1)C1C[C@@H]2O[C@]2(C)CCC[C@H](C)C(O)[C@@H](C)C(=O)C(C)(C)[C@@H](O)CC(=O)O1. The lowest BCUT2D eigenvalue weighted by molar-refractivity contribution is -0.154. The first-order valence-corrected chi connectivity index (χ1v) is 13.5. The number of carbonyl (C=O) groups is 2. The molecule has 1 aromatic heterocycles. The van der Waals surface area contributed by atoms with Gasteiger partial charge in [-0.2, -0.15) is 0 Å². The molecule has 1 aromatic rings. The molecule has 3 heterocycles. The predicted octanol–water partition coefficient (Wildman–Crippen LogP) is 4.48. The maximum Gasteiger partial charge on any atom is 0.309 e. The monoisotopic (exact) mass is 507 g/mol. The maximum atomic E-state index is 13.2. The predicted molar refractivity (Wildman–Crippen MR) is 136 cm³/mol. The van der Waals surface area contributed by atoms with Crippen LogP contribution in [0.2, 0.25) is 0 Å². The van der Waals surface area contributed by atoms with Gasteiger partial charge in [-0.25, -0.2) is 4.98 Å². The van der Waals surface area contributed by atoms with Crippen LogP contribution in [0.25, 0.3) is 6.08 Å². The van der Waals surface area contributed by atoms with Crippen molar-refractivity contribution in [2.45, 2.75) is 111 Å². The second-order valence-electron chi connectivity index (χ2n) is 11.3. The maximum absolute atomic E-state index is 13.2. The van der Waals surface area contributed by atoms with Crippen molar-refractivity contribution in [3.63, 3.8) is 0 Å². The number of epoxide rings is 1. The van der Waals surface area contributed by atoms with E-state index in [4.69, 9.17) is 9.47 Å². The molecule has 0 amide bonds. The van der Waals surface area contributed by atoms with Crippen LogP contribution in [-0.2, 0) is 19.1 Å². The van der Waals surface area contributed by atoms with Crippen LogP contribution in [0.4, 0.5) is 0 Å². The summed E-state index contributed by atoms with van der Waals surface area (Å²) >= 11 is 1.56. The van der Waals surface area contributed by atoms with Crippen LogP contribution in [-0.4, -0.2) is 57.0 Å². The average Bonchev–Trinajstić information content (AvgIpc) is 3.22. The summed E-state index contributed by atoms with van der Waals surface area (Å²) in [5, 5.41) is 24.6. The molecular weight excluding hydrogens is 466 g/mol. The Morgan fingerprint density at radius 3 is 2.54 bits per heavy atom. The molecule has 2 N–H and O–H groups in total. The number of rotatable bonds is 2. The molecule has 8 heteroatoms. The lowest BCUT2D eigenvalue weighted by Gasteiger charge is -2.34. The Balaban J connectivity index is 1.85. The van der Waals surface area contributed by atoms with Gasteiger partial charge in [-0.3, -0.25) is 9.59 Å². The van der Waals surface area contributed by atoms with Crippen LogP contribution in [0, 0.1) is 24.2 Å². The standard InChI is InChI=1S/C27H41NO6S/c1-15-9-8-10-27(7)22(34-27)12-20(16(2)11-19-14-35-18(4)28-19)33-23(30)13-21(29)26(5,6)25(32)17(3)24(15)31/h11,14-15,17,20-22,24,29,31H,8-10,12-13H2,1-7H3/b16-11+/t15-,17+,20?,21-,22-,24?,27+/m0/s1. The summed E-state index contributed by atoms with van der Waals surface area (Å²) in [7, 11) is 0. The van der Waals surface area contributed by atoms with E-state index >= 15 is 0 Å². The number of aromatic nitrogens is 1. The van der Waals surface area contributed by atoms with E-state index in [1.165, 1.54) is 0 Å². The van der Waals surface area contributed by atoms with Gasteiger partial charge in [0.05, 0.1) is 46.5 Å². The molecule has 2 fully saturated rings. The van der Waals surface area contributed by atoms with Crippen molar-refractivity contribution in [2.75, 3.05) is 0 Å². The highest BCUT2D eigenvalue weighted by Crippen LogP contribution is 2.45. The van der Waals surface area contributed by atoms with Gasteiger partial charge in [0, 0.05) is 17.7 Å². The summed E-state index contributed by atoms with van der Waals surface area (Å²) in [5.41, 5.74) is 0.179. The molecule has 0 saturated carbocycles. The van der Waals surface area contributed by atoms with Crippen molar-refractivity contribution in [2.24, 2.45) is 17.3 Å². The van der Waals surface area contributed by atoms with Gasteiger partial charge in [-0.05, 0) is 51.2 Å². The lowest BCUT2D eigenvalue weighted by atomic mass is 9.73. The molecule has 2 saturated heterocycles. The number of esters is 1. The minimum atomic E-state index is -1.23. The Morgan fingerprint density at radius 2 is 1.91 bits per heavy atom. The van der Waals surface area contributed by atoms with E-state index < -0.39 is 35.6 Å². The third-order valence-electron chi connectivity index (χ3n) is 7.93. The molecule has 0 aliphatic carbocycles. The Kier molecular flexibility index (Phi) is 8.62. The van der Waals surface area contributed by atoms with Crippen LogP contribution in [0.15, 0.2) is 11.0 Å². The summed E-state index contributed by atoms with van der Waals surface area (Å²) < 4.78 is 11.9. The van der Waals surface area contributed by atoms with E-state index in [9.17, 15) is 19.8 Å². The molecule has 2 aliphatic heterocycles. The highest BCUT2D eigenvalue weighted by Gasteiger charge is 2.53. The normalized spacial score (nSPS) is 37.5. The van der Waals surface area contributed by atoms with Crippen molar-refractivity contribution in [1.29, 1.82) is 0 Å². The zero-order chi connectivity index (χ0) is 26.1. The van der Waals surface area contributed by atoms with Gasteiger partial charge >= 0.3 is 5.97 Å². The molecule has 0 bridgehead atoms. The second kappa shape index (κ2) is 10.8. The Labute approximate surface area is 212 Å². The van der Waals surface area contributed by atoms with E-state index in [1.807, 2.05) is 32.2 Å². The van der Waals surface area contributed by atoms with Gasteiger partial charge in [-0.1, -0.05) is 34.1 Å². The molecule has 0 radical (unpaired) electrons. The highest BCUT2D eigenvalue weighted by atomic mass is 32.1. The number of aliphatic hydroxyl groups excluding tert-OH is 2. The van der Waals surface area contributed by atoms with Crippen LogP contribution in [0.3, 0.4) is 0 Å². The van der Waals surface area contributed by atoms with E-state index in [-0.39, 0.29) is 29.8 Å². The van der Waals surface area contributed by atoms with Crippen LogP contribution >= 0.6 is 11.3 Å². The summed E-state index contributed by atoms with van der Waals surface area (Å²) in [4.78, 5) is 30.6. The van der Waals surface area contributed by atoms with Gasteiger partial charge in [0.15, 0.2) is 0 Å². The third-order valence-corrected chi connectivity index (χ3v) is 8.72. The lowest BCUT2D eigenvalue weighted by Crippen LogP contribution is -2.45. The molecule has 0 spiro atoms. The number of aliphatic hydroxyl groups is 2. The first-order chi connectivity index (χ1) is 16.2. The Hall–Kier alpha value is -1.61. The molecule has 0 aromatic carbocycles. The quantitative estimate of drug-likeness (QED) is 0.449. The number of Topliss-reactive ketones (excluding diaryl/α,β-unsaturated/α-hetero) is 1. The van der Waals surface area contributed by atoms with Gasteiger partial charge in [0.1, 0.15) is 11.9 Å². The average molecular weight is 508 g/mol. The van der Waals surface area contributed by atoms with Crippen molar-refractivity contribution < 1.29 is 29.3 Å². The number of nitrogens with zero attached hydrogens (tertiary/aromatic N) is 1.